The smallest absolute Gasteiger partial charge is 0.333 e. The normalized spacial score (nSPS) is 11.6. The maximum Gasteiger partial charge on any atom is 0.333 e. The second kappa shape index (κ2) is 17.3. The lowest BCUT2D eigenvalue weighted by molar-refractivity contribution is -0.149. The minimum Gasteiger partial charge on any atom is -0.492 e. The number of unbranched alkanes of at least 4 members (excludes halogenated alkanes) is 2. The van der Waals surface area contributed by atoms with Crippen LogP contribution < -0.4 is 10.1 Å². The zero-order chi connectivity index (χ0) is 26.0. The van der Waals surface area contributed by atoms with Crippen molar-refractivity contribution in [2.24, 2.45) is 0 Å². The summed E-state index contributed by atoms with van der Waals surface area (Å²) < 4.78 is 16.8. The lowest BCUT2D eigenvalue weighted by atomic mass is 10.1. The molecule has 2 aromatic carbocycles. The number of nitrogens with one attached hydrogen (secondary N) is 1. The standard InChI is InChI=1S/C28H40N2O6/c1-3-5-9-18-34-19-16-30(28(33)29-22-24-10-7-6-8-11-24)17-20-36-25-14-12-23(13-15-25)21-26(27(31)32)35-4-2/h6-8,10-15,26H,3-5,9,16-22H2,1-2H3,(H,29,33)(H,31,32). The summed E-state index contributed by atoms with van der Waals surface area (Å²) in [5.41, 5.74) is 1.89. The van der Waals surface area contributed by atoms with E-state index in [1.165, 1.54) is 0 Å². The molecule has 0 radical (unpaired) electrons. The third-order valence-corrected chi connectivity index (χ3v) is 5.59. The average molecular weight is 501 g/mol. The van der Waals surface area contributed by atoms with Crippen molar-refractivity contribution in [2.45, 2.75) is 52.2 Å². The van der Waals surface area contributed by atoms with Gasteiger partial charge in [0.25, 0.3) is 0 Å². The predicted molar refractivity (Wildman–Crippen MR) is 139 cm³/mol. The molecular formula is C28H40N2O6. The average Bonchev–Trinajstić information content (AvgIpc) is 2.89. The monoisotopic (exact) mass is 500 g/mol. The predicted octanol–water partition coefficient (Wildman–Crippen LogP) is 4.52. The Morgan fingerprint density at radius 3 is 2.31 bits per heavy atom. The van der Waals surface area contributed by atoms with Crippen LogP contribution in [0.5, 0.6) is 5.75 Å². The number of carbonyl (C=O) groups excluding carboxylic acids is 1. The molecule has 2 rings (SSSR count). The van der Waals surface area contributed by atoms with Gasteiger partial charge in [0.2, 0.25) is 0 Å². The van der Waals surface area contributed by atoms with Crippen LogP contribution in [0.4, 0.5) is 4.79 Å². The first-order valence-electron chi connectivity index (χ1n) is 12.7. The molecule has 0 aliphatic heterocycles. The summed E-state index contributed by atoms with van der Waals surface area (Å²) in [6, 6.07) is 16.9. The molecule has 0 aromatic heterocycles. The SMILES string of the molecule is CCCCCOCCN(CCOc1ccc(CC(OCC)C(=O)O)cc1)C(=O)NCc1ccccc1. The van der Waals surface area contributed by atoms with Crippen molar-refractivity contribution >= 4 is 12.0 Å². The van der Waals surface area contributed by atoms with Gasteiger partial charge >= 0.3 is 12.0 Å². The number of amides is 2. The van der Waals surface area contributed by atoms with Gasteiger partial charge in [0.1, 0.15) is 12.4 Å². The number of nitrogens with zero attached hydrogens (tertiary/aromatic N) is 1. The highest BCUT2D eigenvalue weighted by atomic mass is 16.5. The lowest BCUT2D eigenvalue weighted by Gasteiger charge is -2.23. The summed E-state index contributed by atoms with van der Waals surface area (Å²) in [5.74, 6) is -0.320. The van der Waals surface area contributed by atoms with Crippen LogP contribution in [0.2, 0.25) is 0 Å². The van der Waals surface area contributed by atoms with E-state index >= 15 is 0 Å². The minimum absolute atomic E-state index is 0.161. The van der Waals surface area contributed by atoms with E-state index in [0.29, 0.717) is 51.8 Å². The Morgan fingerprint density at radius 2 is 1.64 bits per heavy atom. The van der Waals surface area contributed by atoms with E-state index < -0.39 is 12.1 Å². The van der Waals surface area contributed by atoms with Crippen LogP contribution in [0.1, 0.15) is 44.2 Å². The second-order valence-corrected chi connectivity index (χ2v) is 8.43. The van der Waals surface area contributed by atoms with E-state index in [2.05, 4.69) is 12.2 Å². The van der Waals surface area contributed by atoms with Crippen molar-refractivity contribution in [1.82, 2.24) is 10.2 Å². The summed E-state index contributed by atoms with van der Waals surface area (Å²) in [4.78, 5) is 25.8. The quantitative estimate of drug-likeness (QED) is 0.292. The molecule has 0 saturated heterocycles. The number of carbonyl (C=O) groups is 2. The number of carboxylic acid groups (broad SMARTS) is 1. The number of ether oxygens (including phenoxy) is 3. The first kappa shape index (κ1) is 29.1. The molecular weight excluding hydrogens is 460 g/mol. The fraction of sp³-hybridized carbons (Fsp3) is 0.500. The summed E-state index contributed by atoms with van der Waals surface area (Å²) in [6.45, 7) is 7.10. The van der Waals surface area contributed by atoms with Gasteiger partial charge in [-0.25, -0.2) is 9.59 Å². The summed E-state index contributed by atoms with van der Waals surface area (Å²) >= 11 is 0. The zero-order valence-electron chi connectivity index (χ0n) is 21.5. The van der Waals surface area contributed by atoms with Crippen molar-refractivity contribution in [3.8, 4) is 5.75 Å². The number of hydrogen-bond donors (Lipinski definition) is 2. The zero-order valence-corrected chi connectivity index (χ0v) is 21.5. The Labute approximate surface area is 214 Å². The molecule has 0 saturated carbocycles. The lowest BCUT2D eigenvalue weighted by Crippen LogP contribution is -2.43. The van der Waals surface area contributed by atoms with E-state index in [1.807, 2.05) is 42.5 Å². The molecule has 2 amide bonds. The number of urea groups is 1. The number of hydrogen-bond acceptors (Lipinski definition) is 5. The van der Waals surface area contributed by atoms with Gasteiger partial charge < -0.3 is 29.5 Å². The van der Waals surface area contributed by atoms with Gasteiger partial charge in [-0.1, -0.05) is 62.2 Å². The Hall–Kier alpha value is -3.10. The molecule has 0 fully saturated rings. The molecule has 2 N–H and O–H groups in total. The Kier molecular flexibility index (Phi) is 14.0. The third kappa shape index (κ3) is 11.6. The van der Waals surface area contributed by atoms with Crippen LogP contribution in [0.25, 0.3) is 0 Å². The molecule has 0 bridgehead atoms. The summed E-state index contributed by atoms with van der Waals surface area (Å²) in [5, 5.41) is 12.2. The molecule has 0 aliphatic rings. The van der Waals surface area contributed by atoms with Crippen LogP contribution in [-0.4, -0.2) is 67.6 Å². The number of rotatable bonds is 18. The number of benzene rings is 2. The largest absolute Gasteiger partial charge is 0.492 e. The molecule has 0 heterocycles. The van der Waals surface area contributed by atoms with Crippen molar-refractivity contribution in [3.63, 3.8) is 0 Å². The Bertz CT molecular complexity index is 875. The van der Waals surface area contributed by atoms with Crippen LogP contribution in [0.15, 0.2) is 54.6 Å². The van der Waals surface area contributed by atoms with Gasteiger partial charge in [0.05, 0.1) is 13.2 Å². The second-order valence-electron chi connectivity index (χ2n) is 8.43. The molecule has 198 valence electrons. The van der Waals surface area contributed by atoms with E-state index in [0.717, 1.165) is 30.4 Å². The molecule has 0 aliphatic carbocycles. The van der Waals surface area contributed by atoms with Crippen LogP contribution >= 0.6 is 0 Å². The van der Waals surface area contributed by atoms with Gasteiger partial charge in [-0.05, 0) is 36.6 Å². The molecule has 8 nitrogen and oxygen atoms in total. The fourth-order valence-corrected chi connectivity index (χ4v) is 3.56. The maximum atomic E-state index is 12.8. The van der Waals surface area contributed by atoms with E-state index in [-0.39, 0.29) is 12.5 Å². The topological polar surface area (TPSA) is 97.3 Å². The fourth-order valence-electron chi connectivity index (χ4n) is 3.56. The summed E-state index contributed by atoms with van der Waals surface area (Å²) in [6.07, 6.45) is 2.72. The minimum atomic E-state index is -0.975. The Morgan fingerprint density at radius 1 is 0.917 bits per heavy atom. The van der Waals surface area contributed by atoms with Gasteiger partial charge in [-0.3, -0.25) is 0 Å². The Balaban J connectivity index is 1.84. The van der Waals surface area contributed by atoms with Crippen molar-refractivity contribution in [2.75, 3.05) is 39.5 Å². The first-order chi connectivity index (χ1) is 17.5. The van der Waals surface area contributed by atoms with Crippen LogP contribution in [-0.2, 0) is 27.2 Å². The van der Waals surface area contributed by atoms with Gasteiger partial charge in [-0.2, -0.15) is 0 Å². The number of carboxylic acids is 1. The van der Waals surface area contributed by atoms with Crippen molar-refractivity contribution in [3.05, 3.63) is 65.7 Å². The van der Waals surface area contributed by atoms with Crippen molar-refractivity contribution in [1.29, 1.82) is 0 Å². The third-order valence-electron chi connectivity index (χ3n) is 5.59. The maximum absolute atomic E-state index is 12.8. The van der Waals surface area contributed by atoms with E-state index in [1.54, 1.807) is 24.0 Å². The van der Waals surface area contributed by atoms with Crippen molar-refractivity contribution < 1.29 is 28.9 Å². The van der Waals surface area contributed by atoms with Gasteiger partial charge in [0.15, 0.2) is 6.10 Å². The van der Waals surface area contributed by atoms with E-state index in [9.17, 15) is 14.7 Å². The molecule has 8 heteroatoms. The van der Waals surface area contributed by atoms with Crippen LogP contribution in [0.3, 0.4) is 0 Å². The van der Waals surface area contributed by atoms with Gasteiger partial charge in [0, 0.05) is 32.7 Å². The van der Waals surface area contributed by atoms with Crippen LogP contribution in [0, 0.1) is 0 Å². The van der Waals surface area contributed by atoms with E-state index in [4.69, 9.17) is 14.2 Å². The molecule has 36 heavy (non-hydrogen) atoms. The summed E-state index contributed by atoms with van der Waals surface area (Å²) in [7, 11) is 0. The molecule has 1 unspecified atom stereocenters. The highest BCUT2D eigenvalue weighted by Gasteiger charge is 2.18. The highest BCUT2D eigenvalue weighted by molar-refractivity contribution is 5.74. The van der Waals surface area contributed by atoms with Gasteiger partial charge in [-0.15, -0.1) is 0 Å². The molecule has 2 aromatic rings. The first-order valence-corrected chi connectivity index (χ1v) is 12.7. The highest BCUT2D eigenvalue weighted by Crippen LogP contribution is 2.15. The molecule has 0 spiro atoms. The number of aliphatic carboxylic acids is 1. The molecule has 1 atom stereocenters.